The van der Waals surface area contributed by atoms with E-state index in [0.29, 0.717) is 6.54 Å². The monoisotopic (exact) mass is 198 g/mol. The third kappa shape index (κ3) is 4.34. The van der Waals surface area contributed by atoms with Gasteiger partial charge in [0.2, 0.25) is 0 Å². The van der Waals surface area contributed by atoms with E-state index in [4.69, 9.17) is 4.74 Å². The molecule has 0 aromatic carbocycles. The first-order valence-corrected chi connectivity index (χ1v) is 4.96. The summed E-state index contributed by atoms with van der Waals surface area (Å²) < 4.78 is 7.02. The Labute approximate surface area is 84.5 Å². The molecule has 5 heteroatoms. The van der Waals surface area contributed by atoms with Gasteiger partial charge < -0.3 is 10.1 Å². The molecule has 0 radical (unpaired) electrons. The Bertz CT molecular complexity index is 249. The molecule has 1 rings (SSSR count). The molecule has 1 heterocycles. The molecule has 1 aromatic rings. The van der Waals surface area contributed by atoms with E-state index in [1.807, 2.05) is 7.05 Å². The van der Waals surface area contributed by atoms with Crippen LogP contribution in [0.2, 0.25) is 0 Å². The zero-order valence-electron chi connectivity index (χ0n) is 8.86. The number of nitrogens with one attached hydrogen (secondary N) is 1. The highest BCUT2D eigenvalue weighted by Crippen LogP contribution is 1.86. The van der Waals surface area contributed by atoms with Gasteiger partial charge >= 0.3 is 0 Å². The quantitative estimate of drug-likeness (QED) is 0.642. The van der Waals surface area contributed by atoms with Crippen molar-refractivity contribution in [3.8, 4) is 0 Å². The average molecular weight is 198 g/mol. The van der Waals surface area contributed by atoms with E-state index in [2.05, 4.69) is 22.3 Å². The minimum absolute atomic E-state index is 0.705. The maximum absolute atomic E-state index is 5.32. The highest BCUT2D eigenvalue weighted by molar-refractivity contribution is 4.79. The minimum Gasteiger partial charge on any atom is -0.380 e. The molecule has 1 N–H and O–H groups in total. The standard InChI is InChI=1S/C9H18N4O/c1-3-5-14-6-4-10-7-9-11-8-13(2)12-9/h8,10H,3-7H2,1-2H3. The maximum atomic E-state index is 5.32. The first-order chi connectivity index (χ1) is 6.83. The molecule has 0 bridgehead atoms. The van der Waals surface area contributed by atoms with Gasteiger partial charge in [-0.15, -0.1) is 0 Å². The first kappa shape index (κ1) is 11.1. The van der Waals surface area contributed by atoms with Gasteiger partial charge in [0, 0.05) is 20.2 Å². The zero-order valence-corrected chi connectivity index (χ0v) is 8.86. The molecule has 0 aliphatic heterocycles. The normalized spacial score (nSPS) is 10.7. The molecule has 14 heavy (non-hydrogen) atoms. The van der Waals surface area contributed by atoms with E-state index >= 15 is 0 Å². The van der Waals surface area contributed by atoms with Crippen LogP contribution in [-0.4, -0.2) is 34.5 Å². The largest absolute Gasteiger partial charge is 0.380 e. The molecule has 5 nitrogen and oxygen atoms in total. The summed E-state index contributed by atoms with van der Waals surface area (Å²) in [5.74, 6) is 0.822. The van der Waals surface area contributed by atoms with Crippen molar-refractivity contribution >= 4 is 0 Å². The van der Waals surface area contributed by atoms with Gasteiger partial charge in [0.25, 0.3) is 0 Å². The SMILES string of the molecule is CCCOCCNCc1ncn(C)n1. The van der Waals surface area contributed by atoms with Crippen LogP contribution in [0.1, 0.15) is 19.2 Å². The lowest BCUT2D eigenvalue weighted by Crippen LogP contribution is -2.20. The molecule has 1 aromatic heterocycles. The summed E-state index contributed by atoms with van der Waals surface area (Å²) in [6, 6.07) is 0. The van der Waals surface area contributed by atoms with Crippen LogP contribution in [0.4, 0.5) is 0 Å². The molecule has 0 spiro atoms. The summed E-state index contributed by atoms with van der Waals surface area (Å²) in [5, 5.41) is 7.36. The van der Waals surface area contributed by atoms with Crippen LogP contribution >= 0.6 is 0 Å². The number of hydrogen-bond acceptors (Lipinski definition) is 4. The number of rotatable bonds is 7. The lowest BCUT2D eigenvalue weighted by atomic mass is 10.5. The van der Waals surface area contributed by atoms with Crippen LogP contribution in [0.3, 0.4) is 0 Å². The number of hydrogen-bond donors (Lipinski definition) is 1. The summed E-state index contributed by atoms with van der Waals surface area (Å²) in [6.07, 6.45) is 2.77. The summed E-state index contributed by atoms with van der Waals surface area (Å²) in [5.41, 5.74) is 0. The third-order valence-corrected chi connectivity index (χ3v) is 1.70. The Balaban J connectivity index is 1.99. The van der Waals surface area contributed by atoms with Crippen molar-refractivity contribution < 1.29 is 4.74 Å². The fourth-order valence-corrected chi connectivity index (χ4v) is 1.06. The summed E-state index contributed by atoms with van der Waals surface area (Å²) >= 11 is 0. The van der Waals surface area contributed by atoms with Crippen LogP contribution in [0.25, 0.3) is 0 Å². The van der Waals surface area contributed by atoms with E-state index in [-0.39, 0.29) is 0 Å². The zero-order chi connectivity index (χ0) is 10.2. The molecule has 0 aliphatic rings. The highest BCUT2D eigenvalue weighted by Gasteiger charge is 1.96. The van der Waals surface area contributed by atoms with Crippen molar-refractivity contribution in [1.29, 1.82) is 0 Å². The number of aromatic nitrogens is 3. The van der Waals surface area contributed by atoms with E-state index < -0.39 is 0 Å². The molecule has 0 saturated heterocycles. The smallest absolute Gasteiger partial charge is 0.164 e. The first-order valence-electron chi connectivity index (χ1n) is 4.96. The minimum atomic E-state index is 0.705. The summed E-state index contributed by atoms with van der Waals surface area (Å²) in [6.45, 7) is 5.24. The maximum Gasteiger partial charge on any atom is 0.164 e. The lowest BCUT2D eigenvalue weighted by molar-refractivity contribution is 0.136. The second-order valence-corrected chi connectivity index (χ2v) is 3.12. The second kappa shape index (κ2) is 6.50. The van der Waals surface area contributed by atoms with Crippen molar-refractivity contribution in [1.82, 2.24) is 20.1 Å². The van der Waals surface area contributed by atoms with Gasteiger partial charge in [0.1, 0.15) is 6.33 Å². The van der Waals surface area contributed by atoms with Gasteiger partial charge in [-0.1, -0.05) is 6.92 Å². The van der Waals surface area contributed by atoms with Crippen LogP contribution in [0.5, 0.6) is 0 Å². The van der Waals surface area contributed by atoms with Crippen LogP contribution in [-0.2, 0) is 18.3 Å². The van der Waals surface area contributed by atoms with E-state index in [1.54, 1.807) is 11.0 Å². The molecular weight excluding hydrogens is 180 g/mol. The van der Waals surface area contributed by atoms with Crippen molar-refractivity contribution in [2.75, 3.05) is 19.8 Å². The Kier molecular flexibility index (Phi) is 5.17. The molecule has 80 valence electrons. The van der Waals surface area contributed by atoms with Crippen LogP contribution in [0.15, 0.2) is 6.33 Å². The Morgan fingerprint density at radius 1 is 1.50 bits per heavy atom. The molecule has 0 amide bonds. The Hall–Kier alpha value is -0.940. The fourth-order valence-electron chi connectivity index (χ4n) is 1.06. The Morgan fingerprint density at radius 3 is 3.00 bits per heavy atom. The van der Waals surface area contributed by atoms with E-state index in [0.717, 1.165) is 32.0 Å². The van der Waals surface area contributed by atoms with Crippen molar-refractivity contribution in [2.45, 2.75) is 19.9 Å². The van der Waals surface area contributed by atoms with Crippen LogP contribution < -0.4 is 5.32 Å². The predicted molar refractivity (Wildman–Crippen MR) is 53.8 cm³/mol. The summed E-state index contributed by atoms with van der Waals surface area (Å²) in [4.78, 5) is 4.10. The van der Waals surface area contributed by atoms with Crippen molar-refractivity contribution in [3.05, 3.63) is 12.2 Å². The number of ether oxygens (including phenoxy) is 1. The van der Waals surface area contributed by atoms with Crippen molar-refractivity contribution in [3.63, 3.8) is 0 Å². The molecule has 0 aliphatic carbocycles. The topological polar surface area (TPSA) is 52.0 Å². The Morgan fingerprint density at radius 2 is 2.36 bits per heavy atom. The highest BCUT2D eigenvalue weighted by atomic mass is 16.5. The third-order valence-electron chi connectivity index (χ3n) is 1.70. The summed E-state index contributed by atoms with van der Waals surface area (Å²) in [7, 11) is 1.86. The molecule has 0 saturated carbocycles. The molecule has 0 unspecified atom stereocenters. The van der Waals surface area contributed by atoms with Crippen molar-refractivity contribution in [2.24, 2.45) is 7.05 Å². The van der Waals surface area contributed by atoms with Gasteiger partial charge in [-0.25, -0.2) is 4.98 Å². The molecule has 0 atom stereocenters. The van der Waals surface area contributed by atoms with Gasteiger partial charge in [-0.2, -0.15) is 5.10 Å². The van der Waals surface area contributed by atoms with E-state index in [1.165, 1.54) is 0 Å². The number of nitrogens with zero attached hydrogens (tertiary/aromatic N) is 3. The lowest BCUT2D eigenvalue weighted by Gasteiger charge is -2.02. The van der Waals surface area contributed by atoms with E-state index in [9.17, 15) is 0 Å². The van der Waals surface area contributed by atoms with Gasteiger partial charge in [-0.05, 0) is 6.42 Å². The van der Waals surface area contributed by atoms with Gasteiger partial charge in [0.15, 0.2) is 5.82 Å². The van der Waals surface area contributed by atoms with Gasteiger partial charge in [0.05, 0.1) is 13.2 Å². The average Bonchev–Trinajstić information content (AvgIpc) is 2.58. The molecular formula is C9H18N4O. The second-order valence-electron chi connectivity index (χ2n) is 3.12. The van der Waals surface area contributed by atoms with Crippen LogP contribution in [0, 0.1) is 0 Å². The predicted octanol–water partition coefficient (Wildman–Crippen LogP) is 0.331. The number of aryl methyl sites for hydroxylation is 1. The molecule has 0 fully saturated rings. The fraction of sp³-hybridized carbons (Fsp3) is 0.778. The van der Waals surface area contributed by atoms with Gasteiger partial charge in [-0.3, -0.25) is 4.68 Å².